The Balaban J connectivity index is 1.47. The van der Waals surface area contributed by atoms with E-state index in [9.17, 15) is 13.2 Å². The van der Waals surface area contributed by atoms with E-state index < -0.39 is 10.0 Å². The number of carbonyl (C=O) groups is 1. The van der Waals surface area contributed by atoms with Crippen LogP contribution < -0.4 is 0 Å². The van der Waals surface area contributed by atoms with Crippen LogP contribution in [0.2, 0.25) is 0 Å². The number of piperazine rings is 1. The molecule has 152 valence electrons. The molecule has 3 rings (SSSR count). The molecule has 1 heterocycles. The first-order valence-corrected chi connectivity index (χ1v) is 11.9. The summed E-state index contributed by atoms with van der Waals surface area (Å²) in [5.41, 5.74) is 2.70. The highest BCUT2D eigenvalue weighted by atomic mass is 32.2. The van der Waals surface area contributed by atoms with Crippen molar-refractivity contribution in [1.29, 1.82) is 5.26 Å². The van der Waals surface area contributed by atoms with Crippen LogP contribution in [-0.4, -0.2) is 55.5 Å². The number of rotatable bonds is 6. The summed E-state index contributed by atoms with van der Waals surface area (Å²) in [4.78, 5) is 14.5. The fourth-order valence-corrected chi connectivity index (χ4v) is 5.37. The smallest absolute Gasteiger partial charge is 0.243 e. The molecule has 2 aromatic carbocycles. The molecule has 0 bridgehead atoms. The molecule has 2 aromatic rings. The molecule has 0 aliphatic carbocycles. The van der Waals surface area contributed by atoms with Crippen LogP contribution in [-0.2, 0) is 20.6 Å². The molecular formula is C21H23N3O3S2. The number of hydrogen-bond acceptors (Lipinski definition) is 5. The molecule has 0 radical (unpaired) electrons. The van der Waals surface area contributed by atoms with E-state index in [2.05, 4.69) is 6.07 Å². The number of nitriles is 1. The van der Waals surface area contributed by atoms with Crippen molar-refractivity contribution in [2.75, 3.05) is 31.9 Å². The number of benzene rings is 2. The van der Waals surface area contributed by atoms with Gasteiger partial charge in [-0.2, -0.15) is 9.57 Å². The fourth-order valence-electron chi connectivity index (χ4n) is 3.06. The normalized spacial score (nSPS) is 15.1. The summed E-state index contributed by atoms with van der Waals surface area (Å²) >= 11 is 1.52. The molecule has 0 N–H and O–H groups in total. The zero-order chi connectivity index (χ0) is 20.9. The lowest BCUT2D eigenvalue weighted by atomic mass is 10.2. The summed E-state index contributed by atoms with van der Waals surface area (Å²) < 4.78 is 26.9. The standard InChI is InChI=1S/C21H23N3O3S2/c1-17-2-8-20(9-3-17)29(26,27)24-12-10-23(11-13-24)21(25)16-28-15-19-6-4-18(14-22)5-7-19/h2-9H,10-13,15-16H2,1H3. The maximum absolute atomic E-state index is 12.7. The highest BCUT2D eigenvalue weighted by Gasteiger charge is 2.29. The molecule has 8 heteroatoms. The zero-order valence-corrected chi connectivity index (χ0v) is 17.9. The van der Waals surface area contributed by atoms with Gasteiger partial charge >= 0.3 is 0 Å². The van der Waals surface area contributed by atoms with Crippen molar-refractivity contribution in [3.63, 3.8) is 0 Å². The van der Waals surface area contributed by atoms with Gasteiger partial charge in [-0.05, 0) is 36.8 Å². The minimum atomic E-state index is -3.52. The summed E-state index contributed by atoms with van der Waals surface area (Å²) in [5.74, 6) is 1.07. The van der Waals surface area contributed by atoms with Crippen molar-refractivity contribution >= 4 is 27.7 Å². The third-order valence-corrected chi connectivity index (χ3v) is 7.73. The van der Waals surface area contributed by atoms with Crippen molar-refractivity contribution in [1.82, 2.24) is 9.21 Å². The minimum Gasteiger partial charge on any atom is -0.339 e. The Hall–Kier alpha value is -2.34. The largest absolute Gasteiger partial charge is 0.339 e. The summed E-state index contributed by atoms with van der Waals surface area (Å²) in [6.45, 7) is 3.34. The van der Waals surface area contributed by atoms with Gasteiger partial charge in [0, 0.05) is 31.9 Å². The summed E-state index contributed by atoms with van der Waals surface area (Å²) in [7, 11) is -3.52. The highest BCUT2D eigenvalue weighted by Crippen LogP contribution is 2.19. The number of hydrogen-bond donors (Lipinski definition) is 0. The predicted octanol–water partition coefficient (Wildman–Crippen LogP) is 2.63. The maximum Gasteiger partial charge on any atom is 0.243 e. The van der Waals surface area contributed by atoms with Crippen LogP contribution in [0.1, 0.15) is 16.7 Å². The maximum atomic E-state index is 12.7. The monoisotopic (exact) mass is 429 g/mol. The van der Waals surface area contributed by atoms with Crippen molar-refractivity contribution < 1.29 is 13.2 Å². The van der Waals surface area contributed by atoms with Crippen LogP contribution in [0.4, 0.5) is 0 Å². The topological polar surface area (TPSA) is 81.5 Å². The van der Waals surface area contributed by atoms with Crippen LogP contribution in [0.15, 0.2) is 53.4 Å². The van der Waals surface area contributed by atoms with E-state index >= 15 is 0 Å². The van der Waals surface area contributed by atoms with Crippen molar-refractivity contribution in [3.8, 4) is 6.07 Å². The van der Waals surface area contributed by atoms with Crippen molar-refractivity contribution in [3.05, 3.63) is 65.2 Å². The van der Waals surface area contributed by atoms with E-state index in [0.29, 0.717) is 48.1 Å². The van der Waals surface area contributed by atoms with Gasteiger partial charge in [-0.15, -0.1) is 11.8 Å². The number of sulfonamides is 1. The van der Waals surface area contributed by atoms with E-state index in [1.807, 2.05) is 19.1 Å². The van der Waals surface area contributed by atoms with E-state index in [1.165, 1.54) is 16.1 Å². The highest BCUT2D eigenvalue weighted by molar-refractivity contribution is 7.99. The molecular weight excluding hydrogens is 406 g/mol. The van der Waals surface area contributed by atoms with Gasteiger partial charge < -0.3 is 4.90 Å². The van der Waals surface area contributed by atoms with E-state index in [-0.39, 0.29) is 5.91 Å². The average Bonchev–Trinajstić information content (AvgIpc) is 2.74. The third kappa shape index (κ3) is 5.38. The fraction of sp³-hybridized carbons (Fsp3) is 0.333. The summed E-state index contributed by atoms with van der Waals surface area (Å²) in [6.07, 6.45) is 0. The van der Waals surface area contributed by atoms with E-state index in [0.717, 1.165) is 11.1 Å². The Morgan fingerprint density at radius 1 is 1.03 bits per heavy atom. The SMILES string of the molecule is Cc1ccc(S(=O)(=O)N2CCN(C(=O)CSCc3ccc(C#N)cc3)CC2)cc1. The molecule has 1 aliphatic rings. The lowest BCUT2D eigenvalue weighted by Gasteiger charge is -2.34. The number of nitrogens with zero attached hydrogens (tertiary/aromatic N) is 3. The van der Waals surface area contributed by atoms with Gasteiger partial charge in [-0.3, -0.25) is 4.79 Å². The number of aryl methyl sites for hydroxylation is 1. The first-order chi connectivity index (χ1) is 13.9. The lowest BCUT2D eigenvalue weighted by molar-refractivity contribution is -0.129. The Bertz CT molecular complexity index is 989. The van der Waals surface area contributed by atoms with Gasteiger partial charge in [-0.1, -0.05) is 29.8 Å². The number of amides is 1. The number of thioether (sulfide) groups is 1. The Labute approximate surface area is 176 Å². The second-order valence-electron chi connectivity index (χ2n) is 6.90. The van der Waals surface area contributed by atoms with Crippen molar-refractivity contribution in [2.45, 2.75) is 17.6 Å². The van der Waals surface area contributed by atoms with Crippen LogP contribution in [0.3, 0.4) is 0 Å². The first kappa shape index (κ1) is 21.4. The molecule has 0 aromatic heterocycles. The molecule has 6 nitrogen and oxygen atoms in total. The zero-order valence-electron chi connectivity index (χ0n) is 16.2. The lowest BCUT2D eigenvalue weighted by Crippen LogP contribution is -2.50. The molecule has 0 unspecified atom stereocenters. The predicted molar refractivity (Wildman–Crippen MR) is 114 cm³/mol. The van der Waals surface area contributed by atoms with Gasteiger partial charge in [0.2, 0.25) is 15.9 Å². The Kier molecular flexibility index (Phi) is 6.96. The molecule has 1 amide bonds. The first-order valence-electron chi connectivity index (χ1n) is 9.31. The van der Waals surface area contributed by atoms with Crippen LogP contribution in [0.5, 0.6) is 0 Å². The van der Waals surface area contributed by atoms with Gasteiger partial charge in [0.15, 0.2) is 0 Å². The molecule has 1 saturated heterocycles. The number of carbonyl (C=O) groups excluding carboxylic acids is 1. The summed E-state index contributed by atoms with van der Waals surface area (Å²) in [6, 6.07) is 16.2. The Morgan fingerprint density at radius 2 is 1.66 bits per heavy atom. The molecule has 0 atom stereocenters. The van der Waals surface area contributed by atoms with Crippen LogP contribution in [0, 0.1) is 18.3 Å². The molecule has 0 spiro atoms. The summed E-state index contributed by atoms with van der Waals surface area (Å²) in [5, 5.41) is 8.82. The molecule has 0 saturated carbocycles. The van der Waals surface area contributed by atoms with Gasteiger partial charge in [0.05, 0.1) is 22.3 Å². The average molecular weight is 430 g/mol. The van der Waals surface area contributed by atoms with E-state index in [1.54, 1.807) is 41.3 Å². The van der Waals surface area contributed by atoms with Crippen LogP contribution >= 0.6 is 11.8 Å². The molecule has 29 heavy (non-hydrogen) atoms. The third-order valence-electron chi connectivity index (χ3n) is 4.83. The van der Waals surface area contributed by atoms with Gasteiger partial charge in [-0.25, -0.2) is 8.42 Å². The van der Waals surface area contributed by atoms with E-state index in [4.69, 9.17) is 5.26 Å². The quantitative estimate of drug-likeness (QED) is 0.705. The molecule has 1 fully saturated rings. The van der Waals surface area contributed by atoms with Crippen molar-refractivity contribution in [2.24, 2.45) is 0 Å². The second-order valence-corrected chi connectivity index (χ2v) is 9.82. The van der Waals surface area contributed by atoms with Gasteiger partial charge in [0.1, 0.15) is 0 Å². The second kappa shape index (κ2) is 9.44. The minimum absolute atomic E-state index is 0.0241. The van der Waals surface area contributed by atoms with Gasteiger partial charge in [0.25, 0.3) is 0 Å². The Morgan fingerprint density at radius 3 is 2.24 bits per heavy atom. The molecule has 1 aliphatic heterocycles. The van der Waals surface area contributed by atoms with Crippen LogP contribution in [0.25, 0.3) is 0 Å².